The Hall–Kier alpha value is -2.58. The second kappa shape index (κ2) is 5.90. The zero-order valence-electron chi connectivity index (χ0n) is 11.3. The lowest BCUT2D eigenvalue weighted by Crippen LogP contribution is -2.08. The molecule has 2 rings (SSSR count). The van der Waals surface area contributed by atoms with Gasteiger partial charge in [0.25, 0.3) is 0 Å². The third-order valence-corrected chi connectivity index (χ3v) is 2.82. The van der Waals surface area contributed by atoms with Crippen molar-refractivity contribution in [2.75, 3.05) is 5.73 Å². The molecular weight excluding hydrogens is 324 g/mol. The van der Waals surface area contributed by atoms with Gasteiger partial charge in [0, 0.05) is 5.69 Å². The van der Waals surface area contributed by atoms with Gasteiger partial charge in [-0.2, -0.15) is 31.5 Å². The van der Waals surface area contributed by atoms with Crippen molar-refractivity contribution in [3.8, 4) is 0 Å². The van der Waals surface area contributed by atoms with Crippen LogP contribution in [0, 0.1) is 0 Å². The third-order valence-electron chi connectivity index (χ3n) is 2.82. The molecule has 0 amide bonds. The summed E-state index contributed by atoms with van der Waals surface area (Å²) in [5.74, 6) is 0. The minimum absolute atomic E-state index is 0.261. The Morgan fingerprint density at radius 3 is 1.96 bits per heavy atom. The summed E-state index contributed by atoms with van der Waals surface area (Å²) in [6.45, 7) is 0. The number of hydrogen-bond acceptors (Lipinski definition) is 3. The highest BCUT2D eigenvalue weighted by atomic mass is 19.4. The Kier molecular flexibility index (Phi) is 4.31. The molecular formula is C14H9F6N3. The van der Waals surface area contributed by atoms with Crippen molar-refractivity contribution in [3.63, 3.8) is 0 Å². The van der Waals surface area contributed by atoms with Gasteiger partial charge in [0.2, 0.25) is 0 Å². The van der Waals surface area contributed by atoms with Gasteiger partial charge in [-0.15, -0.1) is 5.11 Å². The summed E-state index contributed by atoms with van der Waals surface area (Å²) in [6, 6.07) is 7.07. The number of benzene rings is 2. The predicted molar refractivity (Wildman–Crippen MR) is 71.5 cm³/mol. The lowest BCUT2D eigenvalue weighted by Gasteiger charge is -2.10. The fourth-order valence-electron chi connectivity index (χ4n) is 1.76. The monoisotopic (exact) mass is 333 g/mol. The first-order valence-electron chi connectivity index (χ1n) is 6.14. The molecule has 3 nitrogen and oxygen atoms in total. The maximum atomic E-state index is 12.8. The lowest BCUT2D eigenvalue weighted by atomic mass is 10.1. The van der Waals surface area contributed by atoms with Crippen molar-refractivity contribution >= 4 is 17.1 Å². The first-order valence-corrected chi connectivity index (χ1v) is 6.14. The molecule has 0 radical (unpaired) electrons. The molecule has 2 aromatic carbocycles. The van der Waals surface area contributed by atoms with E-state index < -0.39 is 34.9 Å². The largest absolute Gasteiger partial charge is 0.418 e. The molecule has 23 heavy (non-hydrogen) atoms. The fourth-order valence-corrected chi connectivity index (χ4v) is 1.76. The predicted octanol–water partition coefficient (Wildman–Crippen LogP) is 5.72. The number of rotatable bonds is 2. The van der Waals surface area contributed by atoms with Gasteiger partial charge in [-0.1, -0.05) is 12.1 Å². The molecule has 0 aliphatic rings. The Balaban J connectivity index is 2.39. The SMILES string of the molecule is Nc1ccc(N=Nc2ccccc2C(F)(F)F)cc1C(F)(F)F. The van der Waals surface area contributed by atoms with E-state index in [1.807, 2.05) is 0 Å². The van der Waals surface area contributed by atoms with Crippen LogP contribution < -0.4 is 5.73 Å². The summed E-state index contributed by atoms with van der Waals surface area (Å²) in [5.41, 5.74) is 1.80. The number of alkyl halides is 6. The molecule has 0 heterocycles. The molecule has 0 fully saturated rings. The van der Waals surface area contributed by atoms with Gasteiger partial charge in [0.1, 0.15) is 0 Å². The zero-order valence-corrected chi connectivity index (χ0v) is 11.3. The molecule has 2 aromatic rings. The molecule has 0 bridgehead atoms. The van der Waals surface area contributed by atoms with Gasteiger partial charge in [-0.25, -0.2) is 0 Å². The summed E-state index contributed by atoms with van der Waals surface area (Å²) in [6.07, 6.45) is -9.34. The van der Waals surface area contributed by atoms with Crippen molar-refractivity contribution in [3.05, 3.63) is 53.6 Å². The summed E-state index contributed by atoms with van der Waals surface area (Å²) >= 11 is 0. The van der Waals surface area contributed by atoms with Crippen LogP contribution in [0.1, 0.15) is 11.1 Å². The topological polar surface area (TPSA) is 50.7 Å². The maximum absolute atomic E-state index is 12.8. The van der Waals surface area contributed by atoms with E-state index in [4.69, 9.17) is 5.73 Å². The Morgan fingerprint density at radius 1 is 0.739 bits per heavy atom. The lowest BCUT2D eigenvalue weighted by molar-refractivity contribution is -0.137. The highest BCUT2D eigenvalue weighted by Crippen LogP contribution is 2.38. The molecule has 0 aromatic heterocycles. The van der Waals surface area contributed by atoms with Crippen molar-refractivity contribution in [1.29, 1.82) is 0 Å². The number of anilines is 1. The summed E-state index contributed by atoms with van der Waals surface area (Å²) < 4.78 is 76.5. The Bertz CT molecular complexity index is 734. The van der Waals surface area contributed by atoms with Gasteiger partial charge in [-0.05, 0) is 30.3 Å². The van der Waals surface area contributed by atoms with Gasteiger partial charge >= 0.3 is 12.4 Å². The van der Waals surface area contributed by atoms with Crippen LogP contribution in [0.5, 0.6) is 0 Å². The first kappa shape index (κ1) is 16.8. The summed E-state index contributed by atoms with van der Waals surface area (Å²) in [4.78, 5) is 0. The minimum Gasteiger partial charge on any atom is -0.398 e. The third kappa shape index (κ3) is 3.99. The van der Waals surface area contributed by atoms with Crippen molar-refractivity contribution < 1.29 is 26.3 Å². The molecule has 0 unspecified atom stereocenters. The summed E-state index contributed by atoms with van der Waals surface area (Å²) in [7, 11) is 0. The van der Waals surface area contributed by atoms with E-state index in [1.165, 1.54) is 12.1 Å². The van der Waals surface area contributed by atoms with Crippen LogP contribution in [0.2, 0.25) is 0 Å². The quantitative estimate of drug-likeness (QED) is 0.426. The zero-order chi connectivity index (χ0) is 17.3. The number of nitrogen functional groups attached to an aromatic ring is 1. The van der Waals surface area contributed by atoms with Crippen LogP contribution in [0.25, 0.3) is 0 Å². The highest BCUT2D eigenvalue weighted by molar-refractivity contribution is 5.56. The van der Waals surface area contributed by atoms with E-state index in [-0.39, 0.29) is 5.69 Å². The number of hydrogen-bond donors (Lipinski definition) is 1. The number of nitrogens with two attached hydrogens (primary N) is 1. The van der Waals surface area contributed by atoms with Crippen LogP contribution >= 0.6 is 0 Å². The van der Waals surface area contributed by atoms with E-state index in [9.17, 15) is 26.3 Å². The smallest absolute Gasteiger partial charge is 0.398 e. The van der Waals surface area contributed by atoms with Crippen molar-refractivity contribution in [2.45, 2.75) is 12.4 Å². The molecule has 0 atom stereocenters. The van der Waals surface area contributed by atoms with Crippen LogP contribution in [0.4, 0.5) is 43.4 Å². The number of halogens is 6. The number of nitrogens with zero attached hydrogens (tertiary/aromatic N) is 2. The van der Waals surface area contributed by atoms with Crippen LogP contribution in [0.3, 0.4) is 0 Å². The molecule has 0 spiro atoms. The standard InChI is InChI=1S/C14H9F6N3/c15-13(16,17)9-3-1-2-4-12(9)23-22-8-5-6-11(21)10(7-8)14(18,19)20/h1-7H,21H2. The molecule has 9 heteroatoms. The molecule has 0 aliphatic heterocycles. The maximum Gasteiger partial charge on any atom is 0.418 e. The molecule has 122 valence electrons. The van der Waals surface area contributed by atoms with Gasteiger partial charge in [-0.3, -0.25) is 0 Å². The van der Waals surface area contributed by atoms with E-state index >= 15 is 0 Å². The molecule has 0 aliphatic carbocycles. The first-order chi connectivity index (χ1) is 10.6. The molecule has 2 N–H and O–H groups in total. The van der Waals surface area contributed by atoms with Crippen molar-refractivity contribution in [2.24, 2.45) is 10.2 Å². The van der Waals surface area contributed by atoms with Crippen LogP contribution in [-0.4, -0.2) is 0 Å². The van der Waals surface area contributed by atoms with Crippen LogP contribution in [0.15, 0.2) is 52.7 Å². The fraction of sp³-hybridized carbons (Fsp3) is 0.143. The second-order valence-electron chi connectivity index (χ2n) is 4.48. The van der Waals surface area contributed by atoms with Gasteiger partial charge in [0.05, 0.1) is 22.5 Å². The molecule has 0 saturated heterocycles. The van der Waals surface area contributed by atoms with Gasteiger partial charge in [0.15, 0.2) is 0 Å². The Morgan fingerprint density at radius 2 is 1.35 bits per heavy atom. The van der Waals surface area contributed by atoms with Gasteiger partial charge < -0.3 is 5.73 Å². The average Bonchev–Trinajstić information content (AvgIpc) is 2.44. The van der Waals surface area contributed by atoms with E-state index in [2.05, 4.69) is 10.2 Å². The highest BCUT2D eigenvalue weighted by Gasteiger charge is 2.34. The van der Waals surface area contributed by atoms with E-state index in [1.54, 1.807) is 0 Å². The second-order valence-corrected chi connectivity index (χ2v) is 4.48. The molecule has 0 saturated carbocycles. The van der Waals surface area contributed by atoms with Crippen LogP contribution in [-0.2, 0) is 12.4 Å². The van der Waals surface area contributed by atoms with E-state index in [0.29, 0.717) is 6.07 Å². The van der Waals surface area contributed by atoms with Crippen molar-refractivity contribution in [1.82, 2.24) is 0 Å². The Labute approximate surface area is 126 Å². The summed E-state index contributed by atoms with van der Waals surface area (Å²) in [5, 5.41) is 6.83. The average molecular weight is 333 g/mol. The van der Waals surface area contributed by atoms with E-state index in [0.717, 1.165) is 24.3 Å². The number of azo groups is 1. The minimum atomic E-state index is -4.69. The normalized spacial score (nSPS) is 12.8.